The summed E-state index contributed by atoms with van der Waals surface area (Å²) in [5.74, 6) is 2.31. The van der Waals surface area contributed by atoms with Gasteiger partial charge in [-0.1, -0.05) is 18.6 Å². The van der Waals surface area contributed by atoms with E-state index >= 15 is 0 Å². The van der Waals surface area contributed by atoms with E-state index in [0.717, 1.165) is 49.4 Å². The number of methoxy groups -OCH3 is 1. The predicted octanol–water partition coefficient (Wildman–Crippen LogP) is 3.11. The Balaban J connectivity index is 1.53. The first-order chi connectivity index (χ1) is 11.7. The van der Waals surface area contributed by atoms with Crippen molar-refractivity contribution in [2.45, 2.75) is 44.7 Å². The molecule has 1 aromatic heterocycles. The van der Waals surface area contributed by atoms with Gasteiger partial charge in [0.05, 0.1) is 13.2 Å². The van der Waals surface area contributed by atoms with Gasteiger partial charge in [0.2, 0.25) is 0 Å². The first-order valence-corrected chi connectivity index (χ1v) is 8.75. The number of aryl methyl sites for hydroxylation is 2. The van der Waals surface area contributed by atoms with Crippen molar-refractivity contribution in [3.05, 3.63) is 47.5 Å². The predicted molar refractivity (Wildman–Crippen MR) is 91.1 cm³/mol. The number of hydrogen-bond acceptors (Lipinski definition) is 3. The van der Waals surface area contributed by atoms with Crippen LogP contribution in [0, 0.1) is 5.92 Å². The first kappa shape index (κ1) is 15.2. The highest BCUT2D eigenvalue weighted by Gasteiger charge is 2.31. The zero-order valence-corrected chi connectivity index (χ0v) is 14.0. The van der Waals surface area contributed by atoms with E-state index in [1.807, 2.05) is 18.3 Å². The third-order valence-corrected chi connectivity index (χ3v) is 5.27. The molecule has 1 aliphatic heterocycles. The molecule has 0 saturated heterocycles. The molecule has 1 atom stereocenters. The Hall–Kier alpha value is -2.30. The molecule has 0 bridgehead atoms. The number of rotatable bonds is 5. The number of amides is 1. The molecule has 1 aliphatic carbocycles. The minimum atomic E-state index is -0.0652. The van der Waals surface area contributed by atoms with Crippen LogP contribution in [-0.4, -0.2) is 22.6 Å². The van der Waals surface area contributed by atoms with E-state index in [9.17, 15) is 4.79 Å². The van der Waals surface area contributed by atoms with Gasteiger partial charge in [0.15, 0.2) is 0 Å². The summed E-state index contributed by atoms with van der Waals surface area (Å²) in [4.78, 5) is 17.2. The lowest BCUT2D eigenvalue weighted by Crippen LogP contribution is -2.36. The maximum atomic E-state index is 12.7. The second-order valence-corrected chi connectivity index (χ2v) is 6.75. The number of nitrogens with one attached hydrogen (secondary N) is 1. The van der Waals surface area contributed by atoms with Crippen LogP contribution in [0.15, 0.2) is 30.5 Å². The van der Waals surface area contributed by atoms with Crippen LogP contribution in [0.2, 0.25) is 0 Å². The highest BCUT2D eigenvalue weighted by atomic mass is 16.5. The Kier molecular flexibility index (Phi) is 4.00. The zero-order valence-electron chi connectivity index (χ0n) is 14.0. The smallest absolute Gasteiger partial charge is 0.271 e. The normalized spacial score (nSPS) is 17.9. The van der Waals surface area contributed by atoms with E-state index in [4.69, 9.17) is 4.74 Å². The number of benzene rings is 1. The fourth-order valence-corrected chi connectivity index (χ4v) is 3.64. The third kappa shape index (κ3) is 2.79. The van der Waals surface area contributed by atoms with Gasteiger partial charge >= 0.3 is 0 Å². The van der Waals surface area contributed by atoms with Crippen molar-refractivity contribution in [2.24, 2.45) is 5.92 Å². The Labute approximate surface area is 142 Å². The van der Waals surface area contributed by atoms with Gasteiger partial charge in [0, 0.05) is 19.2 Å². The summed E-state index contributed by atoms with van der Waals surface area (Å²) in [6.45, 7) is 0.972. The molecule has 5 heteroatoms. The van der Waals surface area contributed by atoms with Crippen molar-refractivity contribution >= 4 is 5.91 Å². The molecule has 0 spiro atoms. The lowest BCUT2D eigenvalue weighted by atomic mass is 9.77. The fourth-order valence-electron chi connectivity index (χ4n) is 3.64. The molecule has 4 rings (SSSR count). The third-order valence-electron chi connectivity index (χ3n) is 5.27. The van der Waals surface area contributed by atoms with Crippen LogP contribution >= 0.6 is 0 Å². The van der Waals surface area contributed by atoms with Crippen LogP contribution in [0.4, 0.5) is 0 Å². The Morgan fingerprint density at radius 1 is 1.29 bits per heavy atom. The van der Waals surface area contributed by atoms with Crippen LogP contribution in [0.1, 0.15) is 53.6 Å². The maximum Gasteiger partial charge on any atom is 0.271 e. The lowest BCUT2D eigenvalue weighted by molar-refractivity contribution is 0.0895. The monoisotopic (exact) mass is 325 g/mol. The van der Waals surface area contributed by atoms with Crippen LogP contribution in [0.25, 0.3) is 0 Å². The summed E-state index contributed by atoms with van der Waals surface area (Å²) in [5, 5.41) is 3.22. The number of fused-ring (bicyclic) bond motifs is 1. The summed E-state index contributed by atoms with van der Waals surface area (Å²) in [6.07, 6.45) is 7.56. The average Bonchev–Trinajstić information content (AvgIpc) is 3.14. The molecule has 1 amide bonds. The molecule has 1 fully saturated rings. The molecule has 2 aliphatic rings. The fraction of sp³-hybridized carbons (Fsp3) is 0.474. The number of aromatic nitrogens is 2. The molecule has 2 heterocycles. The van der Waals surface area contributed by atoms with Crippen LogP contribution < -0.4 is 10.1 Å². The highest BCUT2D eigenvalue weighted by Crippen LogP contribution is 2.38. The second kappa shape index (κ2) is 6.30. The molecule has 1 N–H and O–H groups in total. The van der Waals surface area contributed by atoms with E-state index in [-0.39, 0.29) is 11.9 Å². The summed E-state index contributed by atoms with van der Waals surface area (Å²) in [5.41, 5.74) is 1.68. The first-order valence-electron chi connectivity index (χ1n) is 8.75. The van der Waals surface area contributed by atoms with Gasteiger partial charge in [0.25, 0.3) is 5.91 Å². The number of ether oxygens (including phenoxy) is 1. The topological polar surface area (TPSA) is 56.1 Å². The van der Waals surface area contributed by atoms with Gasteiger partial charge in [-0.05, 0) is 42.9 Å². The van der Waals surface area contributed by atoms with Crippen LogP contribution in [0.5, 0.6) is 5.75 Å². The van der Waals surface area contributed by atoms with Gasteiger partial charge in [-0.2, -0.15) is 0 Å². The van der Waals surface area contributed by atoms with Gasteiger partial charge in [-0.25, -0.2) is 4.98 Å². The van der Waals surface area contributed by atoms with Crippen molar-refractivity contribution in [2.75, 3.05) is 7.11 Å². The maximum absolute atomic E-state index is 12.7. The largest absolute Gasteiger partial charge is 0.497 e. The van der Waals surface area contributed by atoms with E-state index < -0.39 is 0 Å². The zero-order chi connectivity index (χ0) is 16.5. The SMILES string of the molecule is COc1ccc(C(NC(=O)c2cn3c(n2)CCC3)C2CCC2)cc1. The van der Waals surface area contributed by atoms with Crippen molar-refractivity contribution in [3.8, 4) is 5.75 Å². The minimum absolute atomic E-state index is 0.0497. The lowest BCUT2D eigenvalue weighted by Gasteiger charge is -2.34. The highest BCUT2D eigenvalue weighted by molar-refractivity contribution is 5.92. The number of hydrogen-bond donors (Lipinski definition) is 1. The molecule has 24 heavy (non-hydrogen) atoms. The standard InChI is InChI=1S/C19H23N3O2/c1-24-15-9-7-14(8-10-15)18(13-4-2-5-13)21-19(23)16-12-22-11-3-6-17(22)20-16/h7-10,12-13,18H,2-6,11H2,1H3,(H,21,23). The molecule has 2 aromatic rings. The van der Waals surface area contributed by atoms with E-state index in [2.05, 4.69) is 27.0 Å². The number of imidazole rings is 1. The number of nitrogens with zero attached hydrogens (tertiary/aromatic N) is 2. The van der Waals surface area contributed by atoms with Crippen molar-refractivity contribution in [1.29, 1.82) is 0 Å². The quantitative estimate of drug-likeness (QED) is 0.919. The molecular weight excluding hydrogens is 302 g/mol. The van der Waals surface area contributed by atoms with Crippen molar-refractivity contribution in [1.82, 2.24) is 14.9 Å². The molecule has 126 valence electrons. The molecule has 1 saturated carbocycles. The molecule has 5 nitrogen and oxygen atoms in total. The summed E-state index contributed by atoms with van der Waals surface area (Å²) in [6, 6.07) is 8.06. The van der Waals surface area contributed by atoms with E-state index in [0.29, 0.717) is 11.6 Å². The molecule has 1 aromatic carbocycles. The van der Waals surface area contributed by atoms with Gasteiger partial charge in [0.1, 0.15) is 17.3 Å². The Morgan fingerprint density at radius 3 is 2.71 bits per heavy atom. The molecule has 0 radical (unpaired) electrons. The second-order valence-electron chi connectivity index (χ2n) is 6.75. The summed E-state index contributed by atoms with van der Waals surface area (Å²) >= 11 is 0. The van der Waals surface area contributed by atoms with E-state index in [1.54, 1.807) is 7.11 Å². The van der Waals surface area contributed by atoms with E-state index in [1.165, 1.54) is 6.42 Å². The van der Waals surface area contributed by atoms with Crippen molar-refractivity contribution < 1.29 is 9.53 Å². The molecular formula is C19H23N3O2. The number of carbonyl (C=O) groups excluding carboxylic acids is 1. The average molecular weight is 325 g/mol. The van der Waals surface area contributed by atoms with Gasteiger partial charge < -0.3 is 14.6 Å². The van der Waals surface area contributed by atoms with Gasteiger partial charge in [-0.3, -0.25) is 4.79 Å². The summed E-state index contributed by atoms with van der Waals surface area (Å²) < 4.78 is 7.33. The van der Waals surface area contributed by atoms with Crippen molar-refractivity contribution in [3.63, 3.8) is 0 Å². The van der Waals surface area contributed by atoms with Gasteiger partial charge in [-0.15, -0.1) is 0 Å². The number of carbonyl (C=O) groups is 1. The Morgan fingerprint density at radius 2 is 2.08 bits per heavy atom. The minimum Gasteiger partial charge on any atom is -0.497 e. The molecule has 1 unspecified atom stereocenters. The Bertz CT molecular complexity index is 710. The van der Waals surface area contributed by atoms with Crippen LogP contribution in [-0.2, 0) is 13.0 Å². The van der Waals surface area contributed by atoms with Crippen LogP contribution in [0.3, 0.4) is 0 Å². The summed E-state index contributed by atoms with van der Waals surface area (Å²) in [7, 11) is 1.66.